The van der Waals surface area contributed by atoms with Crippen LogP contribution in [0.2, 0.25) is 0 Å². The molecule has 9 heteroatoms. The van der Waals surface area contributed by atoms with E-state index in [-0.39, 0.29) is 11.3 Å². The normalized spacial score (nSPS) is 13.6. The quantitative estimate of drug-likeness (QED) is 0.498. The minimum absolute atomic E-state index is 0.0861. The van der Waals surface area contributed by atoms with Gasteiger partial charge in [0.1, 0.15) is 0 Å². The maximum atomic E-state index is 12.7. The van der Waals surface area contributed by atoms with Gasteiger partial charge in [0.15, 0.2) is 5.82 Å². The van der Waals surface area contributed by atoms with Gasteiger partial charge in [0.2, 0.25) is 0 Å². The number of carbonyl (C=O) groups excluding carboxylic acids is 1. The Morgan fingerprint density at radius 1 is 1.10 bits per heavy atom. The maximum absolute atomic E-state index is 12.7. The van der Waals surface area contributed by atoms with Crippen LogP contribution in [0, 0.1) is 17.0 Å². The fraction of sp³-hybridized carbons (Fsp3) is 0.227. The van der Waals surface area contributed by atoms with Crippen LogP contribution in [0.1, 0.15) is 15.9 Å². The van der Waals surface area contributed by atoms with Gasteiger partial charge in [-0.25, -0.2) is 0 Å². The predicted octanol–water partition coefficient (Wildman–Crippen LogP) is 3.45. The summed E-state index contributed by atoms with van der Waals surface area (Å²) in [7, 11) is 0. The molecule has 0 saturated carbocycles. The standard InChI is InChI=1S/C22H21N5O4/c1-15-18(6-3-7-20(15)27(29)30)22(28)23-17-5-2-4-16(14-17)19-8-9-21(25-24-19)26-10-12-31-13-11-26/h2-9,14H,10-13H2,1H3,(H,23,28). The number of nitrogens with one attached hydrogen (secondary N) is 1. The summed E-state index contributed by atoms with van der Waals surface area (Å²) in [4.78, 5) is 25.5. The summed E-state index contributed by atoms with van der Waals surface area (Å²) in [5.74, 6) is 0.393. The van der Waals surface area contributed by atoms with Crippen LogP contribution in [0.15, 0.2) is 54.6 Å². The third-order valence-corrected chi connectivity index (χ3v) is 5.15. The van der Waals surface area contributed by atoms with Crippen LogP contribution in [0.3, 0.4) is 0 Å². The van der Waals surface area contributed by atoms with Gasteiger partial charge in [-0.15, -0.1) is 10.2 Å². The minimum atomic E-state index is -0.494. The van der Waals surface area contributed by atoms with E-state index in [0.29, 0.717) is 30.2 Å². The molecule has 0 bridgehead atoms. The highest BCUT2D eigenvalue weighted by Crippen LogP contribution is 2.25. The lowest BCUT2D eigenvalue weighted by atomic mass is 10.1. The first kappa shape index (κ1) is 20.4. The van der Waals surface area contributed by atoms with Crippen molar-refractivity contribution in [3.05, 3.63) is 75.8 Å². The first-order valence-corrected chi connectivity index (χ1v) is 9.85. The van der Waals surface area contributed by atoms with Crippen molar-refractivity contribution in [3.8, 4) is 11.3 Å². The number of anilines is 2. The monoisotopic (exact) mass is 419 g/mol. The first-order valence-electron chi connectivity index (χ1n) is 9.85. The number of ether oxygens (including phenoxy) is 1. The summed E-state index contributed by atoms with van der Waals surface area (Å²) in [6.45, 7) is 4.48. The number of nitrogens with zero attached hydrogens (tertiary/aromatic N) is 4. The van der Waals surface area contributed by atoms with E-state index in [2.05, 4.69) is 20.4 Å². The Bertz CT molecular complexity index is 1110. The highest BCUT2D eigenvalue weighted by molar-refractivity contribution is 6.06. The third kappa shape index (κ3) is 4.51. The minimum Gasteiger partial charge on any atom is -0.378 e. The predicted molar refractivity (Wildman–Crippen MR) is 116 cm³/mol. The van der Waals surface area contributed by atoms with Crippen LogP contribution < -0.4 is 10.2 Å². The van der Waals surface area contributed by atoms with E-state index < -0.39 is 10.8 Å². The molecule has 1 amide bonds. The first-order chi connectivity index (χ1) is 15.0. The summed E-state index contributed by atoms with van der Waals surface area (Å²) in [6.07, 6.45) is 0. The fourth-order valence-electron chi connectivity index (χ4n) is 3.46. The molecular formula is C22H21N5O4. The Morgan fingerprint density at radius 3 is 2.58 bits per heavy atom. The van der Waals surface area contributed by atoms with E-state index in [1.54, 1.807) is 25.1 Å². The highest BCUT2D eigenvalue weighted by atomic mass is 16.6. The van der Waals surface area contributed by atoms with Gasteiger partial charge in [0.05, 0.1) is 23.8 Å². The largest absolute Gasteiger partial charge is 0.378 e. The number of hydrogen-bond donors (Lipinski definition) is 1. The Labute approximate surface area is 178 Å². The van der Waals surface area contributed by atoms with Gasteiger partial charge in [0.25, 0.3) is 11.6 Å². The Hall–Kier alpha value is -3.85. The lowest BCUT2D eigenvalue weighted by Gasteiger charge is -2.27. The number of aromatic nitrogens is 2. The zero-order valence-electron chi connectivity index (χ0n) is 16.9. The molecule has 31 heavy (non-hydrogen) atoms. The Morgan fingerprint density at radius 2 is 1.87 bits per heavy atom. The van der Waals surface area contributed by atoms with Crippen molar-refractivity contribution in [1.82, 2.24) is 10.2 Å². The van der Waals surface area contributed by atoms with E-state index in [1.807, 2.05) is 24.3 Å². The van der Waals surface area contributed by atoms with Crippen LogP contribution >= 0.6 is 0 Å². The smallest absolute Gasteiger partial charge is 0.273 e. The molecule has 0 radical (unpaired) electrons. The summed E-state index contributed by atoms with van der Waals surface area (Å²) < 4.78 is 5.36. The van der Waals surface area contributed by atoms with Crippen molar-refractivity contribution < 1.29 is 14.5 Å². The maximum Gasteiger partial charge on any atom is 0.273 e. The van der Waals surface area contributed by atoms with E-state index >= 15 is 0 Å². The molecule has 0 aliphatic carbocycles. The van der Waals surface area contributed by atoms with Crippen LogP contribution in [0.25, 0.3) is 11.3 Å². The molecule has 0 atom stereocenters. The van der Waals surface area contributed by atoms with Crippen molar-refractivity contribution in [2.75, 3.05) is 36.5 Å². The molecule has 0 unspecified atom stereocenters. The van der Waals surface area contributed by atoms with Crippen LogP contribution in [-0.2, 0) is 4.74 Å². The number of carbonyl (C=O) groups is 1. The SMILES string of the molecule is Cc1c(C(=O)Nc2cccc(-c3ccc(N4CCOCC4)nn3)c2)cccc1[N+](=O)[O-]. The highest BCUT2D eigenvalue weighted by Gasteiger charge is 2.18. The van der Waals surface area contributed by atoms with Crippen molar-refractivity contribution in [3.63, 3.8) is 0 Å². The number of benzene rings is 2. The third-order valence-electron chi connectivity index (χ3n) is 5.15. The van der Waals surface area contributed by atoms with Crippen molar-refractivity contribution in [2.45, 2.75) is 6.92 Å². The summed E-state index contributed by atoms with van der Waals surface area (Å²) in [5.41, 5.74) is 2.54. The molecule has 2 heterocycles. The van der Waals surface area contributed by atoms with E-state index in [0.717, 1.165) is 24.5 Å². The van der Waals surface area contributed by atoms with Crippen molar-refractivity contribution in [2.24, 2.45) is 0 Å². The number of rotatable bonds is 5. The molecule has 9 nitrogen and oxygen atoms in total. The molecule has 1 saturated heterocycles. The van der Waals surface area contributed by atoms with Gasteiger partial charge in [-0.3, -0.25) is 14.9 Å². The molecule has 1 N–H and O–H groups in total. The van der Waals surface area contributed by atoms with E-state index in [1.165, 1.54) is 12.1 Å². The molecule has 0 spiro atoms. The van der Waals surface area contributed by atoms with Gasteiger partial charge < -0.3 is 15.0 Å². The second-order valence-corrected chi connectivity index (χ2v) is 7.12. The summed E-state index contributed by atoms with van der Waals surface area (Å²) >= 11 is 0. The number of nitro groups is 1. The molecule has 158 valence electrons. The zero-order valence-corrected chi connectivity index (χ0v) is 16.9. The molecule has 1 aliphatic heterocycles. The summed E-state index contributed by atoms with van der Waals surface area (Å²) in [5, 5.41) is 22.6. The average Bonchev–Trinajstić information content (AvgIpc) is 2.80. The van der Waals surface area contributed by atoms with Gasteiger partial charge in [-0.1, -0.05) is 18.2 Å². The van der Waals surface area contributed by atoms with Crippen LogP contribution in [0.4, 0.5) is 17.2 Å². The lowest BCUT2D eigenvalue weighted by molar-refractivity contribution is -0.385. The topological polar surface area (TPSA) is 110 Å². The van der Waals surface area contributed by atoms with E-state index in [4.69, 9.17) is 4.74 Å². The van der Waals surface area contributed by atoms with Gasteiger partial charge in [-0.2, -0.15) is 0 Å². The second-order valence-electron chi connectivity index (χ2n) is 7.12. The van der Waals surface area contributed by atoms with E-state index in [9.17, 15) is 14.9 Å². The molecular weight excluding hydrogens is 398 g/mol. The second kappa shape index (κ2) is 8.88. The molecule has 1 aliphatic rings. The Kier molecular flexibility index (Phi) is 5.85. The number of morpholine rings is 1. The number of nitro benzene ring substituents is 1. The molecule has 2 aromatic carbocycles. The Balaban J connectivity index is 1.52. The lowest BCUT2D eigenvalue weighted by Crippen LogP contribution is -2.36. The number of amides is 1. The van der Waals surface area contributed by atoms with Crippen molar-refractivity contribution in [1.29, 1.82) is 0 Å². The molecule has 1 fully saturated rings. The average molecular weight is 419 g/mol. The molecule has 3 aromatic rings. The van der Waals surface area contributed by atoms with Crippen LogP contribution in [-0.4, -0.2) is 47.3 Å². The van der Waals surface area contributed by atoms with Gasteiger partial charge >= 0.3 is 0 Å². The summed E-state index contributed by atoms with van der Waals surface area (Å²) in [6, 6.07) is 15.5. The van der Waals surface area contributed by atoms with Crippen molar-refractivity contribution >= 4 is 23.1 Å². The van der Waals surface area contributed by atoms with Gasteiger partial charge in [0, 0.05) is 41.5 Å². The fourth-order valence-corrected chi connectivity index (χ4v) is 3.46. The number of hydrogen-bond acceptors (Lipinski definition) is 7. The zero-order chi connectivity index (χ0) is 21.8. The molecule has 4 rings (SSSR count). The van der Waals surface area contributed by atoms with Crippen LogP contribution in [0.5, 0.6) is 0 Å². The molecule has 1 aromatic heterocycles. The van der Waals surface area contributed by atoms with Gasteiger partial charge in [-0.05, 0) is 37.3 Å².